The molecule has 1 atom stereocenters. The minimum Gasteiger partial charge on any atom is -0.465 e. The lowest BCUT2D eigenvalue weighted by atomic mass is 10.1. The zero-order chi connectivity index (χ0) is 14.4. The van der Waals surface area contributed by atoms with Crippen molar-refractivity contribution in [1.82, 2.24) is 10.2 Å². The predicted octanol–water partition coefficient (Wildman–Crippen LogP) is 2.12. The fourth-order valence-corrected chi connectivity index (χ4v) is 2.88. The molecule has 0 aromatic carbocycles. The average Bonchev–Trinajstić information content (AvgIpc) is 2.63. The van der Waals surface area contributed by atoms with Gasteiger partial charge in [0.25, 0.3) is 0 Å². The first-order valence-corrected chi connectivity index (χ1v) is 7.39. The van der Waals surface area contributed by atoms with Crippen LogP contribution in [0.5, 0.6) is 0 Å². The Bertz CT molecular complexity index is 416. The summed E-state index contributed by atoms with van der Waals surface area (Å²) in [6, 6.07) is 1.72. The van der Waals surface area contributed by atoms with Crippen LogP contribution in [0.4, 0.5) is 0 Å². The highest BCUT2D eigenvalue weighted by atomic mass is 32.1. The number of ether oxygens (including phenoxy) is 1. The van der Waals surface area contributed by atoms with Gasteiger partial charge in [-0.1, -0.05) is 0 Å². The molecule has 0 amide bonds. The van der Waals surface area contributed by atoms with E-state index in [4.69, 9.17) is 4.74 Å². The van der Waals surface area contributed by atoms with E-state index in [0.717, 1.165) is 18.7 Å². The van der Waals surface area contributed by atoms with E-state index in [1.54, 1.807) is 11.3 Å². The molecule has 5 heteroatoms. The van der Waals surface area contributed by atoms with Crippen molar-refractivity contribution in [2.45, 2.75) is 26.8 Å². The third-order valence-corrected chi connectivity index (χ3v) is 3.80. The van der Waals surface area contributed by atoms with Crippen LogP contribution in [0.15, 0.2) is 6.07 Å². The van der Waals surface area contributed by atoms with E-state index in [1.807, 2.05) is 27.9 Å². The standard InChI is InChI=1S/C14H24N2O2S/c1-6-18-14(17)13(15-7-8-16(4)5)12-9-10(2)19-11(12)3/h9,13,15H,6-8H2,1-5H3. The number of esters is 1. The minimum atomic E-state index is -0.357. The number of carbonyl (C=O) groups is 1. The van der Waals surface area contributed by atoms with Crippen molar-refractivity contribution in [3.8, 4) is 0 Å². The van der Waals surface area contributed by atoms with Crippen molar-refractivity contribution in [2.75, 3.05) is 33.8 Å². The van der Waals surface area contributed by atoms with Crippen molar-refractivity contribution >= 4 is 17.3 Å². The van der Waals surface area contributed by atoms with Crippen LogP contribution in [0.2, 0.25) is 0 Å². The lowest BCUT2D eigenvalue weighted by Gasteiger charge is -2.19. The van der Waals surface area contributed by atoms with Gasteiger partial charge in [0.2, 0.25) is 0 Å². The summed E-state index contributed by atoms with van der Waals surface area (Å²) < 4.78 is 5.17. The smallest absolute Gasteiger partial charge is 0.327 e. The third-order valence-electron chi connectivity index (χ3n) is 2.82. The Morgan fingerprint density at radius 3 is 2.63 bits per heavy atom. The molecule has 108 valence electrons. The van der Waals surface area contributed by atoms with Crippen LogP contribution in [-0.4, -0.2) is 44.7 Å². The summed E-state index contributed by atoms with van der Waals surface area (Å²) in [4.78, 5) is 16.6. The molecule has 0 radical (unpaired) electrons. The normalized spacial score (nSPS) is 12.7. The van der Waals surface area contributed by atoms with Crippen LogP contribution in [0, 0.1) is 13.8 Å². The molecule has 4 nitrogen and oxygen atoms in total. The van der Waals surface area contributed by atoms with Crippen molar-refractivity contribution in [2.24, 2.45) is 0 Å². The van der Waals surface area contributed by atoms with Gasteiger partial charge in [-0.3, -0.25) is 5.32 Å². The number of nitrogens with one attached hydrogen (secondary N) is 1. The quantitative estimate of drug-likeness (QED) is 0.779. The summed E-state index contributed by atoms with van der Waals surface area (Å²) in [6.45, 7) is 7.99. The van der Waals surface area contributed by atoms with Gasteiger partial charge in [-0.2, -0.15) is 0 Å². The second-order valence-corrected chi connectivity index (χ2v) is 6.27. The molecule has 1 rings (SSSR count). The summed E-state index contributed by atoms with van der Waals surface area (Å²) in [5.41, 5.74) is 1.04. The van der Waals surface area contributed by atoms with Crippen LogP contribution in [0.3, 0.4) is 0 Å². The summed E-state index contributed by atoms with van der Waals surface area (Å²) in [7, 11) is 4.03. The molecule has 1 unspecified atom stereocenters. The molecule has 0 aliphatic carbocycles. The highest BCUT2D eigenvalue weighted by molar-refractivity contribution is 7.12. The third kappa shape index (κ3) is 4.93. The number of carbonyl (C=O) groups excluding carboxylic acids is 1. The zero-order valence-corrected chi connectivity index (χ0v) is 13.3. The first kappa shape index (κ1) is 16.1. The molecule has 1 heterocycles. The van der Waals surface area contributed by atoms with E-state index in [2.05, 4.69) is 23.2 Å². The Morgan fingerprint density at radius 2 is 2.16 bits per heavy atom. The van der Waals surface area contributed by atoms with Crippen LogP contribution in [-0.2, 0) is 9.53 Å². The molecular weight excluding hydrogens is 260 g/mol. The minimum absolute atomic E-state index is 0.192. The van der Waals surface area contributed by atoms with E-state index >= 15 is 0 Å². The van der Waals surface area contributed by atoms with Crippen LogP contribution in [0.25, 0.3) is 0 Å². The monoisotopic (exact) mass is 284 g/mol. The summed E-state index contributed by atoms with van der Waals surface area (Å²) in [5, 5.41) is 3.30. The van der Waals surface area contributed by atoms with Crippen molar-refractivity contribution in [3.05, 3.63) is 21.4 Å². The zero-order valence-electron chi connectivity index (χ0n) is 12.4. The number of hydrogen-bond donors (Lipinski definition) is 1. The molecule has 0 aliphatic heterocycles. The van der Waals surface area contributed by atoms with Gasteiger partial charge in [0.15, 0.2) is 0 Å². The van der Waals surface area contributed by atoms with Gasteiger partial charge in [-0.15, -0.1) is 11.3 Å². The lowest BCUT2D eigenvalue weighted by Crippen LogP contribution is -2.35. The molecule has 0 fully saturated rings. The van der Waals surface area contributed by atoms with E-state index in [1.165, 1.54) is 9.75 Å². The molecule has 0 saturated carbocycles. The van der Waals surface area contributed by atoms with Gasteiger partial charge >= 0.3 is 5.97 Å². The van der Waals surface area contributed by atoms with Gasteiger partial charge in [0, 0.05) is 22.8 Å². The highest BCUT2D eigenvalue weighted by Gasteiger charge is 2.24. The average molecular weight is 284 g/mol. The van der Waals surface area contributed by atoms with Crippen molar-refractivity contribution < 1.29 is 9.53 Å². The molecule has 19 heavy (non-hydrogen) atoms. The molecule has 0 bridgehead atoms. The lowest BCUT2D eigenvalue weighted by molar-refractivity contribution is -0.145. The molecule has 0 spiro atoms. The maximum absolute atomic E-state index is 12.1. The van der Waals surface area contributed by atoms with Crippen LogP contribution < -0.4 is 5.32 Å². The predicted molar refractivity (Wildman–Crippen MR) is 79.7 cm³/mol. The molecule has 1 N–H and O–H groups in total. The van der Waals surface area contributed by atoms with E-state index < -0.39 is 0 Å². The highest BCUT2D eigenvalue weighted by Crippen LogP contribution is 2.27. The van der Waals surface area contributed by atoms with Gasteiger partial charge < -0.3 is 9.64 Å². The topological polar surface area (TPSA) is 41.6 Å². The van der Waals surface area contributed by atoms with Crippen LogP contribution >= 0.6 is 11.3 Å². The number of likely N-dealkylation sites (N-methyl/N-ethyl adjacent to an activating group) is 1. The van der Waals surface area contributed by atoms with E-state index in [0.29, 0.717) is 6.61 Å². The number of aryl methyl sites for hydroxylation is 2. The van der Waals surface area contributed by atoms with E-state index in [9.17, 15) is 4.79 Å². The van der Waals surface area contributed by atoms with Crippen molar-refractivity contribution in [3.63, 3.8) is 0 Å². The number of hydrogen-bond acceptors (Lipinski definition) is 5. The second-order valence-electron chi connectivity index (χ2n) is 4.81. The maximum atomic E-state index is 12.1. The Balaban J connectivity index is 2.80. The fourth-order valence-electron chi connectivity index (χ4n) is 1.92. The second kappa shape index (κ2) is 7.62. The summed E-state index contributed by atoms with van der Waals surface area (Å²) >= 11 is 1.71. The molecule has 1 aromatic heterocycles. The van der Waals surface area contributed by atoms with Crippen LogP contribution in [0.1, 0.15) is 28.3 Å². The van der Waals surface area contributed by atoms with Gasteiger partial charge in [0.1, 0.15) is 6.04 Å². The SMILES string of the molecule is CCOC(=O)C(NCCN(C)C)c1cc(C)sc1C. The van der Waals surface area contributed by atoms with Gasteiger partial charge in [0.05, 0.1) is 6.61 Å². The Labute approximate surface area is 119 Å². The summed E-state index contributed by atoms with van der Waals surface area (Å²) in [5.74, 6) is -0.192. The largest absolute Gasteiger partial charge is 0.465 e. The molecule has 0 aliphatic rings. The van der Waals surface area contributed by atoms with E-state index in [-0.39, 0.29) is 12.0 Å². The maximum Gasteiger partial charge on any atom is 0.327 e. The number of nitrogens with zero attached hydrogens (tertiary/aromatic N) is 1. The number of thiophene rings is 1. The Kier molecular flexibility index (Phi) is 6.48. The number of rotatable bonds is 7. The Hall–Kier alpha value is -0.910. The molecular formula is C14H24N2O2S. The molecule has 0 saturated heterocycles. The van der Waals surface area contributed by atoms with Gasteiger partial charge in [-0.25, -0.2) is 4.79 Å². The van der Waals surface area contributed by atoms with Gasteiger partial charge in [-0.05, 0) is 46.5 Å². The molecule has 1 aromatic rings. The summed E-state index contributed by atoms with van der Waals surface area (Å²) in [6.07, 6.45) is 0. The first-order valence-electron chi connectivity index (χ1n) is 6.57. The Morgan fingerprint density at radius 1 is 1.47 bits per heavy atom. The van der Waals surface area contributed by atoms with Crippen molar-refractivity contribution in [1.29, 1.82) is 0 Å². The first-order chi connectivity index (χ1) is 8.95. The fraction of sp³-hybridized carbons (Fsp3) is 0.643.